The van der Waals surface area contributed by atoms with Crippen LogP contribution in [0.3, 0.4) is 0 Å². The summed E-state index contributed by atoms with van der Waals surface area (Å²) in [7, 11) is -1.34. The Balaban J connectivity index is 2.47. The first kappa shape index (κ1) is 14.1. The average molecular weight is 273 g/mol. The molecule has 0 aromatic carbocycles. The highest BCUT2D eigenvalue weighted by atomic mass is 28.3. The van der Waals surface area contributed by atoms with E-state index in [1.165, 1.54) is 10.8 Å². The number of pyridine rings is 1. The molecule has 102 valence electrons. The molecule has 0 aliphatic rings. The lowest BCUT2D eigenvalue weighted by Crippen LogP contribution is -2.40. The first-order valence-corrected chi connectivity index (χ1v) is 10.4. The summed E-state index contributed by atoms with van der Waals surface area (Å²) in [5, 5.41) is 1.48. The highest BCUT2D eigenvalue weighted by molar-refractivity contribution is 6.89. The summed E-state index contributed by atoms with van der Waals surface area (Å²) in [5.74, 6) is 0.662. The molecule has 2 heterocycles. The maximum atomic E-state index is 5.16. The fraction of sp³-hybridized carbons (Fsp3) is 0.438. The molecule has 0 radical (unpaired) electrons. The molecule has 0 bridgehead atoms. The molecule has 19 heavy (non-hydrogen) atoms. The second-order valence-electron chi connectivity index (χ2n) is 6.59. The summed E-state index contributed by atoms with van der Waals surface area (Å²) in [5.41, 5.74) is 3.54. The van der Waals surface area contributed by atoms with E-state index in [1.54, 1.807) is 12.5 Å². The van der Waals surface area contributed by atoms with Crippen molar-refractivity contribution < 1.29 is 4.42 Å². The van der Waals surface area contributed by atoms with Gasteiger partial charge in [-0.3, -0.25) is 4.98 Å². The number of nitrogens with zero attached hydrogens (tertiary/aromatic N) is 1. The van der Waals surface area contributed by atoms with E-state index in [9.17, 15) is 0 Å². The van der Waals surface area contributed by atoms with Crippen LogP contribution in [-0.2, 0) is 6.42 Å². The molecule has 0 amide bonds. The summed E-state index contributed by atoms with van der Waals surface area (Å²) >= 11 is 0. The molecule has 2 aromatic rings. The van der Waals surface area contributed by atoms with E-state index >= 15 is 0 Å². The molecule has 0 N–H and O–H groups in total. The summed E-state index contributed by atoms with van der Waals surface area (Å²) in [4.78, 5) is 4.63. The van der Waals surface area contributed by atoms with Crippen molar-refractivity contribution in [2.75, 3.05) is 0 Å². The molecule has 3 heteroatoms. The average Bonchev–Trinajstić information content (AvgIpc) is 2.79. The molecular weight excluding hydrogens is 250 g/mol. The fourth-order valence-corrected chi connectivity index (χ4v) is 3.94. The van der Waals surface area contributed by atoms with E-state index in [4.69, 9.17) is 4.42 Å². The van der Waals surface area contributed by atoms with Crippen molar-refractivity contribution in [1.82, 2.24) is 4.98 Å². The summed E-state index contributed by atoms with van der Waals surface area (Å²) in [6.07, 6.45) is 6.67. The molecule has 0 atom stereocenters. The normalized spacial score (nSPS) is 12.1. The molecule has 0 aliphatic carbocycles. The molecule has 0 spiro atoms. The first-order chi connectivity index (χ1) is 8.88. The number of hydrogen-bond acceptors (Lipinski definition) is 2. The number of aromatic nitrogens is 1. The molecule has 0 saturated heterocycles. The van der Waals surface area contributed by atoms with Crippen molar-refractivity contribution in [3.05, 3.63) is 36.4 Å². The number of furan rings is 1. The van der Waals surface area contributed by atoms with Crippen LogP contribution in [0, 0.1) is 5.92 Å². The third kappa shape index (κ3) is 3.35. The fourth-order valence-electron chi connectivity index (χ4n) is 2.35. The molecule has 0 saturated carbocycles. The van der Waals surface area contributed by atoms with Crippen LogP contribution in [0.5, 0.6) is 0 Å². The molecule has 2 aromatic heterocycles. The Hall–Kier alpha value is -1.35. The van der Waals surface area contributed by atoms with E-state index < -0.39 is 8.07 Å². The van der Waals surface area contributed by atoms with Gasteiger partial charge in [-0.05, 0) is 35.2 Å². The van der Waals surface area contributed by atoms with Gasteiger partial charge in [-0.1, -0.05) is 33.5 Å². The van der Waals surface area contributed by atoms with E-state index in [2.05, 4.69) is 50.7 Å². The van der Waals surface area contributed by atoms with Gasteiger partial charge in [-0.15, -0.1) is 0 Å². The molecule has 2 nitrogen and oxygen atoms in total. The van der Waals surface area contributed by atoms with Gasteiger partial charge in [0.25, 0.3) is 0 Å². The van der Waals surface area contributed by atoms with E-state index in [-0.39, 0.29) is 0 Å². The van der Waals surface area contributed by atoms with Crippen LogP contribution in [-0.4, -0.2) is 13.1 Å². The molecular formula is C16H23NOSi. The highest BCUT2D eigenvalue weighted by Gasteiger charge is 2.21. The third-order valence-corrected chi connectivity index (χ3v) is 5.31. The van der Waals surface area contributed by atoms with Crippen LogP contribution in [0.25, 0.3) is 11.3 Å². The Kier molecular flexibility index (Phi) is 3.95. The first-order valence-electron chi connectivity index (χ1n) is 6.90. The standard InChI is InChI=1S/C16H23NOSi/c1-12(2)8-14-9-15(13-6-7-18-11-13)17-10-16(14)19(3,4)5/h6-7,9-12H,8H2,1-5H3. The quantitative estimate of drug-likeness (QED) is 0.784. The lowest BCUT2D eigenvalue weighted by Gasteiger charge is -2.22. The maximum Gasteiger partial charge on any atom is 0.0996 e. The minimum absolute atomic E-state index is 0.662. The Morgan fingerprint density at radius 1 is 1.26 bits per heavy atom. The van der Waals surface area contributed by atoms with Gasteiger partial charge in [0.05, 0.1) is 26.3 Å². The van der Waals surface area contributed by atoms with Gasteiger partial charge in [0, 0.05) is 11.8 Å². The number of hydrogen-bond donors (Lipinski definition) is 0. The van der Waals surface area contributed by atoms with Crippen molar-refractivity contribution in [1.29, 1.82) is 0 Å². The molecule has 2 rings (SSSR count). The van der Waals surface area contributed by atoms with Crippen molar-refractivity contribution in [3.8, 4) is 11.3 Å². The SMILES string of the molecule is CC(C)Cc1cc(-c2ccoc2)ncc1[Si](C)(C)C. The summed E-state index contributed by atoms with van der Waals surface area (Å²) < 4.78 is 5.16. The van der Waals surface area contributed by atoms with Gasteiger partial charge in [0.2, 0.25) is 0 Å². The van der Waals surface area contributed by atoms with Gasteiger partial charge >= 0.3 is 0 Å². The smallest absolute Gasteiger partial charge is 0.0996 e. The lowest BCUT2D eigenvalue weighted by molar-refractivity contribution is 0.568. The van der Waals surface area contributed by atoms with E-state index in [0.717, 1.165) is 17.7 Å². The van der Waals surface area contributed by atoms with Crippen LogP contribution < -0.4 is 5.19 Å². The highest BCUT2D eigenvalue weighted by Crippen LogP contribution is 2.20. The predicted molar refractivity (Wildman–Crippen MR) is 83.5 cm³/mol. The molecule has 0 fully saturated rings. The third-order valence-electron chi connectivity index (χ3n) is 3.24. The van der Waals surface area contributed by atoms with Gasteiger partial charge in [0.1, 0.15) is 0 Å². The van der Waals surface area contributed by atoms with Crippen molar-refractivity contribution in [3.63, 3.8) is 0 Å². The maximum absolute atomic E-state index is 5.16. The van der Waals surface area contributed by atoms with Gasteiger partial charge in [-0.25, -0.2) is 0 Å². The Morgan fingerprint density at radius 2 is 2.00 bits per heavy atom. The van der Waals surface area contributed by atoms with Gasteiger partial charge in [0.15, 0.2) is 0 Å². The topological polar surface area (TPSA) is 26.0 Å². The lowest BCUT2D eigenvalue weighted by atomic mass is 10.0. The van der Waals surface area contributed by atoms with Crippen LogP contribution >= 0.6 is 0 Å². The van der Waals surface area contributed by atoms with Crippen LogP contribution in [0.1, 0.15) is 19.4 Å². The van der Waals surface area contributed by atoms with Crippen molar-refractivity contribution in [2.24, 2.45) is 5.92 Å². The molecule has 0 aliphatic heterocycles. The zero-order valence-corrected chi connectivity index (χ0v) is 13.5. The van der Waals surface area contributed by atoms with E-state index in [1.807, 2.05) is 6.07 Å². The second kappa shape index (κ2) is 5.33. The van der Waals surface area contributed by atoms with E-state index in [0.29, 0.717) is 5.92 Å². The Bertz CT molecular complexity index is 538. The van der Waals surface area contributed by atoms with Crippen LogP contribution in [0.2, 0.25) is 19.6 Å². The van der Waals surface area contributed by atoms with Gasteiger partial charge in [-0.2, -0.15) is 0 Å². The zero-order chi connectivity index (χ0) is 14.0. The van der Waals surface area contributed by atoms with Gasteiger partial charge < -0.3 is 4.42 Å². The Labute approximate surface area is 116 Å². The summed E-state index contributed by atoms with van der Waals surface area (Å²) in [6, 6.07) is 4.22. The predicted octanol–water partition coefficient (Wildman–Crippen LogP) is 4.09. The second-order valence-corrected chi connectivity index (χ2v) is 11.6. The zero-order valence-electron chi connectivity index (χ0n) is 12.5. The van der Waals surface area contributed by atoms with Crippen LogP contribution in [0.15, 0.2) is 35.3 Å². The monoisotopic (exact) mass is 273 g/mol. The Morgan fingerprint density at radius 3 is 2.53 bits per heavy atom. The van der Waals surface area contributed by atoms with Crippen molar-refractivity contribution >= 4 is 13.3 Å². The minimum Gasteiger partial charge on any atom is -0.472 e. The number of rotatable bonds is 4. The minimum atomic E-state index is -1.34. The largest absolute Gasteiger partial charge is 0.472 e. The van der Waals surface area contributed by atoms with Crippen molar-refractivity contribution in [2.45, 2.75) is 39.9 Å². The van der Waals surface area contributed by atoms with Crippen LogP contribution in [0.4, 0.5) is 0 Å². The molecule has 0 unspecified atom stereocenters. The summed E-state index contributed by atoms with van der Waals surface area (Å²) in [6.45, 7) is 11.7.